The molecular weight excluding hydrogens is 530 g/mol. The third-order valence-corrected chi connectivity index (χ3v) is 6.58. The molecule has 2 atom stereocenters. The summed E-state index contributed by atoms with van der Waals surface area (Å²) in [6.07, 6.45) is -0.533. The second kappa shape index (κ2) is 13.6. The summed E-state index contributed by atoms with van der Waals surface area (Å²) < 4.78 is 5.50. The first kappa shape index (κ1) is 32.2. The lowest BCUT2D eigenvalue weighted by Gasteiger charge is -2.43. The van der Waals surface area contributed by atoms with Crippen molar-refractivity contribution in [1.29, 1.82) is 0 Å². The third-order valence-electron chi connectivity index (χ3n) is 6.58. The number of phenolic OH excluding ortho intramolecular Hbond substituents is 1. The minimum atomic E-state index is -1.06. The van der Waals surface area contributed by atoms with Gasteiger partial charge in [0.25, 0.3) is 0 Å². The molecule has 0 aliphatic carbocycles. The minimum absolute atomic E-state index is 0.0874. The first-order valence-corrected chi connectivity index (χ1v) is 14.1. The van der Waals surface area contributed by atoms with Crippen LogP contribution in [0.15, 0.2) is 78.9 Å². The van der Waals surface area contributed by atoms with E-state index in [1.54, 1.807) is 39.8 Å². The van der Waals surface area contributed by atoms with E-state index in [2.05, 4.69) is 10.6 Å². The minimum Gasteiger partial charge on any atom is -0.508 e. The highest BCUT2D eigenvalue weighted by Gasteiger charge is 2.42. The van der Waals surface area contributed by atoms with Crippen molar-refractivity contribution in [3.05, 3.63) is 101 Å². The van der Waals surface area contributed by atoms with Gasteiger partial charge in [0, 0.05) is 18.5 Å². The fraction of sp³-hybridized carbons (Fsp3) is 0.382. The highest BCUT2D eigenvalue weighted by molar-refractivity contribution is 5.93. The lowest BCUT2D eigenvalue weighted by molar-refractivity contribution is -0.148. The number of hydrogen-bond donors (Lipinski definition) is 3. The van der Waals surface area contributed by atoms with Crippen LogP contribution >= 0.6 is 0 Å². The largest absolute Gasteiger partial charge is 0.508 e. The number of alkyl carbamates (subject to hydrolysis) is 1. The zero-order valence-corrected chi connectivity index (χ0v) is 25.6. The number of benzene rings is 3. The van der Waals surface area contributed by atoms with Crippen LogP contribution in [0.25, 0.3) is 0 Å². The Kier molecular flexibility index (Phi) is 10.4. The molecule has 0 saturated carbocycles. The van der Waals surface area contributed by atoms with Crippen molar-refractivity contribution in [2.75, 3.05) is 0 Å². The van der Waals surface area contributed by atoms with E-state index in [4.69, 9.17) is 4.74 Å². The van der Waals surface area contributed by atoms with Crippen molar-refractivity contribution < 1.29 is 24.2 Å². The molecule has 3 amide bonds. The van der Waals surface area contributed by atoms with Crippen LogP contribution in [0.4, 0.5) is 4.79 Å². The Labute approximate surface area is 249 Å². The van der Waals surface area contributed by atoms with Crippen LogP contribution in [0.3, 0.4) is 0 Å². The van der Waals surface area contributed by atoms with Gasteiger partial charge in [-0.05, 0) is 82.9 Å². The molecule has 0 radical (unpaired) electrons. The van der Waals surface area contributed by atoms with Crippen LogP contribution in [-0.4, -0.2) is 45.1 Å². The molecule has 0 aromatic heterocycles. The lowest BCUT2D eigenvalue weighted by Crippen LogP contribution is -2.59. The van der Waals surface area contributed by atoms with Crippen LogP contribution < -0.4 is 10.6 Å². The molecule has 2 unspecified atom stereocenters. The average molecular weight is 574 g/mol. The van der Waals surface area contributed by atoms with Crippen molar-refractivity contribution in [3.63, 3.8) is 0 Å². The van der Waals surface area contributed by atoms with Gasteiger partial charge >= 0.3 is 6.09 Å². The van der Waals surface area contributed by atoms with Crippen molar-refractivity contribution in [1.82, 2.24) is 15.5 Å². The topological polar surface area (TPSA) is 108 Å². The first-order chi connectivity index (χ1) is 19.7. The van der Waals surface area contributed by atoms with E-state index in [0.717, 1.165) is 11.1 Å². The Morgan fingerprint density at radius 3 is 1.95 bits per heavy atom. The number of rotatable bonds is 9. The van der Waals surface area contributed by atoms with Crippen molar-refractivity contribution in [3.8, 4) is 5.75 Å². The standard InChI is InChI=1S/C34H43N3O5/c1-23-20-26(18-19-28(23)38)29(30(39)35-22-25-16-12-9-13-17-25)37(33(2,3)4)31(40)27(21-24-14-10-8-11-15-24)36-32(41)42-34(5,6)7/h8-20,27,29,38H,21-22H2,1-7H3,(H,35,39)(H,36,41). The molecule has 0 aliphatic rings. The summed E-state index contributed by atoms with van der Waals surface area (Å²) in [6, 6.07) is 21.7. The fourth-order valence-corrected chi connectivity index (χ4v) is 4.66. The van der Waals surface area contributed by atoms with E-state index in [1.165, 1.54) is 11.0 Å². The Morgan fingerprint density at radius 1 is 0.857 bits per heavy atom. The zero-order chi connectivity index (χ0) is 31.1. The predicted octanol–water partition coefficient (Wildman–Crippen LogP) is 5.82. The Morgan fingerprint density at radius 2 is 1.43 bits per heavy atom. The van der Waals surface area contributed by atoms with Crippen LogP contribution in [-0.2, 0) is 27.3 Å². The average Bonchev–Trinajstić information content (AvgIpc) is 2.90. The maximum atomic E-state index is 14.6. The number of amides is 3. The monoisotopic (exact) mass is 573 g/mol. The number of nitrogens with zero attached hydrogens (tertiary/aromatic N) is 1. The van der Waals surface area contributed by atoms with E-state index >= 15 is 0 Å². The molecular formula is C34H43N3O5. The van der Waals surface area contributed by atoms with E-state index in [1.807, 2.05) is 81.4 Å². The summed E-state index contributed by atoms with van der Waals surface area (Å²) >= 11 is 0. The second-order valence-corrected chi connectivity index (χ2v) is 12.4. The van der Waals surface area contributed by atoms with Gasteiger partial charge in [-0.15, -0.1) is 0 Å². The molecule has 0 saturated heterocycles. The molecule has 3 N–H and O–H groups in total. The van der Waals surface area contributed by atoms with Crippen LogP contribution in [0.1, 0.15) is 69.8 Å². The molecule has 0 spiro atoms. The summed E-state index contributed by atoms with van der Waals surface area (Å²) in [7, 11) is 0. The molecule has 8 heteroatoms. The fourth-order valence-electron chi connectivity index (χ4n) is 4.66. The SMILES string of the molecule is Cc1cc(C(C(=O)NCc2ccccc2)N(C(=O)C(Cc2ccccc2)NC(=O)OC(C)(C)C)C(C)(C)C)ccc1O. The number of nitrogens with one attached hydrogen (secondary N) is 2. The Hall–Kier alpha value is -4.33. The van der Waals surface area contributed by atoms with Gasteiger partial charge in [0.1, 0.15) is 23.4 Å². The second-order valence-electron chi connectivity index (χ2n) is 12.4. The predicted molar refractivity (Wildman–Crippen MR) is 164 cm³/mol. The van der Waals surface area contributed by atoms with Gasteiger partial charge in [-0.1, -0.05) is 66.7 Å². The molecule has 3 aromatic rings. The summed E-state index contributed by atoms with van der Waals surface area (Å²) in [5, 5.41) is 16.0. The van der Waals surface area contributed by atoms with Gasteiger partial charge in [0.05, 0.1) is 0 Å². The number of aryl methyl sites for hydroxylation is 1. The zero-order valence-electron chi connectivity index (χ0n) is 25.6. The van der Waals surface area contributed by atoms with Gasteiger partial charge in [-0.25, -0.2) is 4.79 Å². The number of carbonyl (C=O) groups excluding carboxylic acids is 3. The van der Waals surface area contributed by atoms with Crippen molar-refractivity contribution in [2.45, 2.75) is 84.7 Å². The molecule has 3 rings (SSSR count). The van der Waals surface area contributed by atoms with Crippen LogP contribution in [0.2, 0.25) is 0 Å². The summed E-state index contributed by atoms with van der Waals surface area (Å²) in [5.41, 5.74) is 1.25. The van der Waals surface area contributed by atoms with Gasteiger partial charge in [-0.3, -0.25) is 9.59 Å². The normalized spacial score (nSPS) is 13.0. The van der Waals surface area contributed by atoms with Crippen molar-refractivity contribution >= 4 is 17.9 Å². The van der Waals surface area contributed by atoms with E-state index in [9.17, 15) is 19.5 Å². The molecule has 42 heavy (non-hydrogen) atoms. The smallest absolute Gasteiger partial charge is 0.408 e. The molecule has 0 heterocycles. The first-order valence-electron chi connectivity index (χ1n) is 14.1. The highest BCUT2D eigenvalue weighted by atomic mass is 16.6. The molecule has 0 aliphatic heterocycles. The number of phenols is 1. The van der Waals surface area contributed by atoms with Gasteiger partial charge in [0.2, 0.25) is 11.8 Å². The Bertz CT molecular complexity index is 1360. The molecule has 0 fully saturated rings. The van der Waals surface area contributed by atoms with E-state index in [-0.39, 0.29) is 24.6 Å². The van der Waals surface area contributed by atoms with Gasteiger partial charge in [-0.2, -0.15) is 0 Å². The van der Waals surface area contributed by atoms with Crippen LogP contribution in [0.5, 0.6) is 5.75 Å². The number of carbonyl (C=O) groups is 3. The molecule has 0 bridgehead atoms. The highest BCUT2D eigenvalue weighted by Crippen LogP contribution is 2.32. The Balaban J connectivity index is 2.07. The summed E-state index contributed by atoms with van der Waals surface area (Å²) in [6.45, 7) is 12.8. The summed E-state index contributed by atoms with van der Waals surface area (Å²) in [5.74, 6) is -0.741. The van der Waals surface area contributed by atoms with Crippen molar-refractivity contribution in [2.24, 2.45) is 0 Å². The maximum absolute atomic E-state index is 14.6. The van der Waals surface area contributed by atoms with E-state index < -0.39 is 35.2 Å². The number of hydrogen-bond acceptors (Lipinski definition) is 5. The van der Waals surface area contributed by atoms with Gasteiger partial charge < -0.3 is 25.4 Å². The van der Waals surface area contributed by atoms with Gasteiger partial charge in [0.15, 0.2) is 0 Å². The lowest BCUT2D eigenvalue weighted by atomic mass is 9.93. The third kappa shape index (κ3) is 9.09. The number of ether oxygens (including phenoxy) is 1. The van der Waals surface area contributed by atoms with Crippen LogP contribution in [0, 0.1) is 6.92 Å². The number of aromatic hydroxyl groups is 1. The van der Waals surface area contributed by atoms with E-state index in [0.29, 0.717) is 11.1 Å². The maximum Gasteiger partial charge on any atom is 0.408 e. The molecule has 3 aromatic carbocycles. The quantitative estimate of drug-likeness (QED) is 0.299. The molecule has 8 nitrogen and oxygen atoms in total. The summed E-state index contributed by atoms with van der Waals surface area (Å²) in [4.78, 5) is 43.0. The molecule has 224 valence electrons.